The molecule has 144 valence electrons. The van der Waals surface area contributed by atoms with E-state index in [1.807, 2.05) is 6.92 Å². The van der Waals surface area contributed by atoms with Gasteiger partial charge in [-0.05, 0) is 37.0 Å². The van der Waals surface area contributed by atoms with Crippen LogP contribution in [0.4, 0.5) is 4.79 Å². The number of carbonyl (C=O) groups is 2. The molecule has 8 nitrogen and oxygen atoms in total. The van der Waals surface area contributed by atoms with Crippen LogP contribution in [-0.4, -0.2) is 40.6 Å². The molecule has 0 radical (unpaired) electrons. The number of methoxy groups -OCH3 is 1. The predicted molar refractivity (Wildman–Crippen MR) is 97.6 cm³/mol. The first-order valence-corrected chi connectivity index (χ1v) is 9.41. The van der Waals surface area contributed by atoms with Crippen LogP contribution in [0.1, 0.15) is 44.1 Å². The number of amides is 3. The van der Waals surface area contributed by atoms with Crippen LogP contribution in [0.3, 0.4) is 0 Å². The van der Waals surface area contributed by atoms with E-state index in [1.54, 1.807) is 31.4 Å². The summed E-state index contributed by atoms with van der Waals surface area (Å²) in [4.78, 5) is 24.0. The Balaban J connectivity index is 3.00. The van der Waals surface area contributed by atoms with Gasteiger partial charge >= 0.3 is 16.5 Å². The number of nitrogens with one attached hydrogen (secondary N) is 2. The summed E-state index contributed by atoms with van der Waals surface area (Å²) >= 11 is 0. The van der Waals surface area contributed by atoms with E-state index in [2.05, 4.69) is 15.0 Å². The molecular formula is C17H25N3O5S. The average molecular weight is 383 g/mol. The third kappa shape index (κ3) is 7.22. The topological polar surface area (TPSA) is 114 Å². The fourth-order valence-electron chi connectivity index (χ4n) is 2.61. The van der Waals surface area contributed by atoms with Gasteiger partial charge in [0.25, 0.3) is 0 Å². The summed E-state index contributed by atoms with van der Waals surface area (Å²) in [6.45, 7) is 1.94. The summed E-state index contributed by atoms with van der Waals surface area (Å²) in [5.41, 5.74) is 0.714. The van der Waals surface area contributed by atoms with Gasteiger partial charge in [-0.1, -0.05) is 25.5 Å². The highest BCUT2D eigenvalue weighted by Gasteiger charge is 2.23. The highest BCUT2D eigenvalue weighted by molar-refractivity contribution is 7.61. The Morgan fingerprint density at radius 1 is 1.15 bits per heavy atom. The van der Waals surface area contributed by atoms with E-state index in [0.29, 0.717) is 30.6 Å². The fraction of sp³-hybridized carbons (Fsp3) is 0.529. The van der Waals surface area contributed by atoms with E-state index in [-0.39, 0.29) is 6.04 Å². The van der Waals surface area contributed by atoms with Crippen molar-refractivity contribution in [1.82, 2.24) is 10.6 Å². The molecular weight excluding hydrogens is 358 g/mol. The predicted octanol–water partition coefficient (Wildman–Crippen LogP) is 2.25. The van der Waals surface area contributed by atoms with Crippen molar-refractivity contribution in [2.45, 2.75) is 44.6 Å². The van der Waals surface area contributed by atoms with Gasteiger partial charge in [0, 0.05) is 7.05 Å². The number of carbonyl (C=O) groups excluding carboxylic acids is 2. The average Bonchev–Trinajstić information content (AvgIpc) is 2.61. The van der Waals surface area contributed by atoms with Gasteiger partial charge in [-0.15, -0.1) is 0 Å². The Labute approximate surface area is 155 Å². The monoisotopic (exact) mass is 383 g/mol. The molecule has 2 unspecified atom stereocenters. The number of ether oxygens (including phenoxy) is 1. The van der Waals surface area contributed by atoms with Crippen LogP contribution in [0.15, 0.2) is 28.6 Å². The maximum absolute atomic E-state index is 12.5. The van der Waals surface area contributed by atoms with Crippen LogP contribution in [0.5, 0.6) is 5.75 Å². The molecule has 0 heterocycles. The Kier molecular flexibility index (Phi) is 9.35. The van der Waals surface area contributed by atoms with E-state index in [0.717, 1.165) is 6.42 Å². The lowest BCUT2D eigenvalue weighted by atomic mass is 9.91. The van der Waals surface area contributed by atoms with Gasteiger partial charge in [0.2, 0.25) is 5.91 Å². The summed E-state index contributed by atoms with van der Waals surface area (Å²) in [6, 6.07) is 6.00. The van der Waals surface area contributed by atoms with Gasteiger partial charge in [-0.25, -0.2) is 4.79 Å². The molecule has 1 rings (SSSR count). The molecule has 0 aliphatic heterocycles. The molecule has 0 spiro atoms. The number of imide groups is 1. The molecule has 1 aromatic rings. The van der Waals surface area contributed by atoms with Gasteiger partial charge in [0.05, 0.1) is 19.1 Å². The number of nitrogens with zero attached hydrogens (tertiary/aromatic N) is 1. The summed E-state index contributed by atoms with van der Waals surface area (Å²) in [6.07, 6.45) is 2.17. The minimum Gasteiger partial charge on any atom is -0.497 e. The van der Waals surface area contributed by atoms with Crippen molar-refractivity contribution in [3.63, 3.8) is 0 Å². The van der Waals surface area contributed by atoms with Crippen LogP contribution in [0.2, 0.25) is 0 Å². The highest BCUT2D eigenvalue weighted by Crippen LogP contribution is 2.26. The summed E-state index contributed by atoms with van der Waals surface area (Å²) in [5, 5.41) is 4.62. The first kappa shape index (κ1) is 21.6. The van der Waals surface area contributed by atoms with Gasteiger partial charge in [0.1, 0.15) is 5.75 Å². The van der Waals surface area contributed by atoms with Crippen LogP contribution in [-0.2, 0) is 15.3 Å². The standard InChI is InChI=1S/C17H25N3O5S/c1-4-5-13(20-26(23)24)8-11-15(16(21)19-17(22)18-2)12-6-9-14(25-3)10-7-12/h6-7,9-10,13,15H,4-5,8,11H2,1-3H3,(H2,18,19,21,22). The van der Waals surface area contributed by atoms with Crippen molar-refractivity contribution in [2.75, 3.05) is 14.2 Å². The van der Waals surface area contributed by atoms with Gasteiger partial charge in [0.15, 0.2) is 0 Å². The zero-order chi connectivity index (χ0) is 19.5. The molecule has 0 aliphatic carbocycles. The first-order valence-electron chi connectivity index (χ1n) is 8.38. The maximum atomic E-state index is 12.5. The lowest BCUT2D eigenvalue weighted by Gasteiger charge is -2.18. The van der Waals surface area contributed by atoms with E-state index >= 15 is 0 Å². The lowest BCUT2D eigenvalue weighted by molar-refractivity contribution is -0.121. The second kappa shape index (κ2) is 11.2. The molecule has 0 saturated carbocycles. The van der Waals surface area contributed by atoms with Gasteiger partial charge in [-0.2, -0.15) is 12.8 Å². The van der Waals surface area contributed by atoms with Crippen LogP contribution < -0.4 is 15.4 Å². The molecule has 0 aliphatic rings. The SMILES string of the molecule is CCCC(CCC(C(=O)NC(=O)NC)c1ccc(OC)cc1)N=S(=O)=O. The zero-order valence-electron chi connectivity index (χ0n) is 15.2. The fourth-order valence-corrected chi connectivity index (χ4v) is 3.06. The number of hydrogen-bond acceptors (Lipinski definition) is 6. The smallest absolute Gasteiger partial charge is 0.321 e. The number of hydrogen-bond donors (Lipinski definition) is 2. The van der Waals surface area contributed by atoms with Gasteiger partial charge < -0.3 is 10.1 Å². The van der Waals surface area contributed by atoms with Crippen LogP contribution >= 0.6 is 0 Å². The molecule has 2 atom stereocenters. The molecule has 26 heavy (non-hydrogen) atoms. The van der Waals surface area contributed by atoms with E-state index in [9.17, 15) is 18.0 Å². The second-order valence-electron chi connectivity index (χ2n) is 5.74. The van der Waals surface area contributed by atoms with E-state index in [1.165, 1.54) is 7.05 Å². The lowest BCUT2D eigenvalue weighted by Crippen LogP contribution is -2.40. The Morgan fingerprint density at radius 2 is 1.81 bits per heavy atom. The molecule has 2 N–H and O–H groups in total. The van der Waals surface area contributed by atoms with Crippen molar-refractivity contribution in [3.8, 4) is 5.75 Å². The van der Waals surface area contributed by atoms with Crippen molar-refractivity contribution in [3.05, 3.63) is 29.8 Å². The number of rotatable bonds is 9. The Hall–Kier alpha value is -2.42. The normalized spacial score (nSPS) is 12.6. The summed E-state index contributed by atoms with van der Waals surface area (Å²) in [7, 11) is 0.480. The third-order valence-corrected chi connectivity index (χ3v) is 4.41. The number of urea groups is 1. The highest BCUT2D eigenvalue weighted by atomic mass is 32.2. The molecule has 0 fully saturated rings. The van der Waals surface area contributed by atoms with Crippen molar-refractivity contribution in [2.24, 2.45) is 4.36 Å². The minimum atomic E-state index is -2.49. The molecule has 9 heteroatoms. The molecule has 1 aromatic carbocycles. The Bertz CT molecular complexity index is 723. The largest absolute Gasteiger partial charge is 0.497 e. The molecule has 0 saturated heterocycles. The van der Waals surface area contributed by atoms with E-state index < -0.39 is 28.4 Å². The van der Waals surface area contributed by atoms with Gasteiger partial charge in [-0.3, -0.25) is 10.1 Å². The number of benzene rings is 1. The molecule has 3 amide bonds. The van der Waals surface area contributed by atoms with Crippen molar-refractivity contribution < 1.29 is 22.7 Å². The molecule has 0 bridgehead atoms. The first-order chi connectivity index (χ1) is 12.4. The quantitative estimate of drug-likeness (QED) is 0.679. The summed E-state index contributed by atoms with van der Waals surface area (Å²) < 4.78 is 30.5. The molecule has 0 aromatic heterocycles. The summed E-state index contributed by atoms with van der Waals surface area (Å²) in [5.74, 6) is -0.402. The third-order valence-electron chi connectivity index (χ3n) is 3.94. The second-order valence-corrected chi connectivity index (χ2v) is 6.38. The zero-order valence-corrected chi connectivity index (χ0v) is 16.0. The van der Waals surface area contributed by atoms with Crippen molar-refractivity contribution >= 4 is 22.4 Å². The van der Waals surface area contributed by atoms with E-state index in [4.69, 9.17) is 4.74 Å². The minimum absolute atomic E-state index is 0.362. The Morgan fingerprint density at radius 3 is 2.31 bits per heavy atom. The maximum Gasteiger partial charge on any atom is 0.321 e. The van der Waals surface area contributed by atoms with Crippen molar-refractivity contribution in [1.29, 1.82) is 0 Å². The van der Waals surface area contributed by atoms with Crippen LogP contribution in [0.25, 0.3) is 0 Å². The van der Waals surface area contributed by atoms with Crippen LogP contribution in [0, 0.1) is 0 Å².